The van der Waals surface area contributed by atoms with Crippen molar-refractivity contribution in [2.24, 2.45) is 0 Å². The summed E-state index contributed by atoms with van der Waals surface area (Å²) in [4.78, 5) is 12.7. The third kappa shape index (κ3) is 3.79. The number of hydrogen-bond donors (Lipinski definition) is 1. The number of amides is 1. The Balaban J connectivity index is 1.94. The number of carbonyl (C=O) groups excluding carboxylic acids is 1. The summed E-state index contributed by atoms with van der Waals surface area (Å²) in [6.45, 7) is 0.438. The van der Waals surface area contributed by atoms with Crippen LogP contribution in [-0.2, 0) is 10.0 Å². The molecular weight excluding hydrogens is 423 g/mol. The number of hydrogen-bond acceptors (Lipinski definition) is 5. The van der Waals surface area contributed by atoms with Crippen molar-refractivity contribution in [3.05, 3.63) is 53.3 Å². The first-order valence-electron chi connectivity index (χ1n) is 9.84. The van der Waals surface area contributed by atoms with Gasteiger partial charge in [0.25, 0.3) is 5.91 Å². The zero-order valence-corrected chi connectivity index (χ0v) is 18.3. The molecule has 3 aromatic rings. The minimum Gasteiger partial charge on any atom is -0.496 e. The summed E-state index contributed by atoms with van der Waals surface area (Å²) in [5, 5.41) is 3.14. The lowest BCUT2D eigenvalue weighted by Crippen LogP contribution is -2.29. The van der Waals surface area contributed by atoms with E-state index < -0.39 is 15.8 Å². The van der Waals surface area contributed by atoms with Crippen LogP contribution < -0.4 is 10.1 Å². The predicted molar refractivity (Wildman–Crippen MR) is 115 cm³/mol. The zero-order valence-electron chi connectivity index (χ0n) is 17.4. The summed E-state index contributed by atoms with van der Waals surface area (Å²) in [6.07, 6.45) is 2.59. The van der Waals surface area contributed by atoms with Crippen LogP contribution in [0.15, 0.2) is 40.8 Å². The van der Waals surface area contributed by atoms with Gasteiger partial charge in [-0.25, -0.2) is 12.8 Å². The fourth-order valence-electron chi connectivity index (χ4n) is 4.18. The van der Waals surface area contributed by atoms with Gasteiger partial charge >= 0.3 is 0 Å². The van der Waals surface area contributed by atoms with Crippen LogP contribution in [0.1, 0.15) is 34.8 Å². The maximum absolute atomic E-state index is 13.4. The molecule has 0 spiro atoms. The number of halogens is 1. The number of rotatable bonds is 5. The van der Waals surface area contributed by atoms with Crippen molar-refractivity contribution in [1.29, 1.82) is 0 Å². The summed E-state index contributed by atoms with van der Waals surface area (Å²) in [5.41, 5.74) is 1.96. The first-order chi connectivity index (χ1) is 14.7. The molecule has 0 bridgehead atoms. The Hall–Kier alpha value is -2.91. The normalized spacial score (nSPS) is 17.2. The van der Waals surface area contributed by atoms with Crippen LogP contribution in [0, 0.1) is 5.82 Å². The van der Waals surface area contributed by atoms with Crippen LogP contribution >= 0.6 is 0 Å². The van der Waals surface area contributed by atoms with Crippen molar-refractivity contribution in [1.82, 2.24) is 9.62 Å². The second-order valence-electron chi connectivity index (χ2n) is 7.51. The summed E-state index contributed by atoms with van der Waals surface area (Å²) in [5.74, 6) is 0.0310. The van der Waals surface area contributed by atoms with Gasteiger partial charge in [0.05, 0.1) is 25.0 Å². The smallest absolute Gasteiger partial charge is 0.255 e. The number of nitrogens with zero attached hydrogens (tertiary/aromatic N) is 1. The van der Waals surface area contributed by atoms with E-state index >= 15 is 0 Å². The molecule has 2 heterocycles. The monoisotopic (exact) mass is 446 g/mol. The first-order valence-corrected chi connectivity index (χ1v) is 11.7. The molecule has 0 radical (unpaired) electrons. The Morgan fingerprint density at radius 3 is 2.58 bits per heavy atom. The lowest BCUT2D eigenvalue weighted by molar-refractivity contribution is 0.0964. The molecular formula is C22H23FN2O5S. The molecule has 1 saturated heterocycles. The lowest BCUT2D eigenvalue weighted by atomic mass is 9.99. The molecule has 1 N–H and O–H groups in total. The second-order valence-corrected chi connectivity index (χ2v) is 9.45. The Morgan fingerprint density at radius 1 is 1.26 bits per heavy atom. The third-order valence-corrected chi connectivity index (χ3v) is 6.88. The molecule has 0 aliphatic carbocycles. The van der Waals surface area contributed by atoms with E-state index in [0.29, 0.717) is 52.1 Å². The Kier molecular flexibility index (Phi) is 5.49. The van der Waals surface area contributed by atoms with Gasteiger partial charge in [-0.15, -0.1) is 0 Å². The Morgan fingerprint density at radius 2 is 1.97 bits per heavy atom. The number of nitrogens with one attached hydrogen (secondary N) is 1. The van der Waals surface area contributed by atoms with Crippen molar-refractivity contribution in [2.45, 2.75) is 18.9 Å². The lowest BCUT2D eigenvalue weighted by Gasteiger charge is -2.24. The van der Waals surface area contributed by atoms with Gasteiger partial charge in [-0.3, -0.25) is 4.79 Å². The molecule has 9 heteroatoms. The minimum absolute atomic E-state index is 0.306. The molecule has 1 fully saturated rings. The molecule has 0 saturated carbocycles. The van der Waals surface area contributed by atoms with Crippen LogP contribution in [-0.4, -0.2) is 45.6 Å². The average molecular weight is 447 g/mol. The molecule has 31 heavy (non-hydrogen) atoms. The van der Waals surface area contributed by atoms with Crippen molar-refractivity contribution in [3.8, 4) is 17.1 Å². The molecule has 1 amide bonds. The molecule has 1 aromatic heterocycles. The molecule has 7 nitrogen and oxygen atoms in total. The largest absolute Gasteiger partial charge is 0.496 e. The van der Waals surface area contributed by atoms with Crippen LogP contribution in [0.2, 0.25) is 0 Å². The Labute approximate surface area is 179 Å². The molecule has 1 aliphatic heterocycles. The van der Waals surface area contributed by atoms with Crippen LogP contribution in [0.25, 0.3) is 22.3 Å². The van der Waals surface area contributed by atoms with E-state index in [1.807, 2.05) is 0 Å². The van der Waals surface area contributed by atoms with E-state index in [-0.39, 0.29) is 11.9 Å². The number of methoxy groups -OCH3 is 1. The SMILES string of the molecule is CNC(=O)c1c(-c2ccc(F)cc2)oc2cc(C3CCCN3S(C)(=O)=O)c(OC)cc12. The second kappa shape index (κ2) is 7.97. The van der Waals surface area contributed by atoms with Crippen molar-refractivity contribution < 1.29 is 26.8 Å². The molecule has 1 aliphatic rings. The first kappa shape index (κ1) is 21.3. The van der Waals surface area contributed by atoms with Gasteiger partial charge in [0, 0.05) is 30.1 Å². The van der Waals surface area contributed by atoms with Gasteiger partial charge in [0.15, 0.2) is 0 Å². The van der Waals surface area contributed by atoms with Crippen LogP contribution in [0.3, 0.4) is 0 Å². The van der Waals surface area contributed by atoms with Gasteiger partial charge < -0.3 is 14.5 Å². The van der Waals surface area contributed by atoms with E-state index in [1.54, 1.807) is 24.3 Å². The number of carbonyl (C=O) groups is 1. The third-order valence-electron chi connectivity index (χ3n) is 5.59. The maximum Gasteiger partial charge on any atom is 0.255 e. The molecule has 4 rings (SSSR count). The standard InChI is InChI=1S/C22H23FN2O5S/c1-24-22(26)20-16-12-18(29-2)15(17-5-4-10-25(17)31(3,27)28)11-19(16)30-21(20)13-6-8-14(23)9-7-13/h6-9,11-12,17H,4-5,10H2,1-3H3,(H,24,26). The summed E-state index contributed by atoms with van der Waals surface area (Å²) in [7, 11) is -0.376. The highest BCUT2D eigenvalue weighted by Crippen LogP contribution is 2.43. The van der Waals surface area contributed by atoms with Gasteiger partial charge in [-0.2, -0.15) is 4.31 Å². The number of furan rings is 1. The fourth-order valence-corrected chi connectivity index (χ4v) is 5.32. The van der Waals surface area contributed by atoms with Gasteiger partial charge in [-0.1, -0.05) is 0 Å². The van der Waals surface area contributed by atoms with E-state index in [2.05, 4.69) is 5.32 Å². The van der Waals surface area contributed by atoms with Crippen LogP contribution in [0.5, 0.6) is 5.75 Å². The van der Waals surface area contributed by atoms with E-state index in [1.165, 1.54) is 36.9 Å². The van der Waals surface area contributed by atoms with Crippen molar-refractivity contribution in [2.75, 3.05) is 27.0 Å². The molecule has 164 valence electrons. The maximum atomic E-state index is 13.4. The molecule has 1 atom stereocenters. The highest BCUT2D eigenvalue weighted by Gasteiger charge is 2.35. The predicted octanol–water partition coefficient (Wildman–Crippen LogP) is 3.70. The topological polar surface area (TPSA) is 88.9 Å². The van der Waals surface area contributed by atoms with Crippen molar-refractivity contribution >= 4 is 26.9 Å². The summed E-state index contributed by atoms with van der Waals surface area (Å²) in [6, 6.07) is 8.74. The zero-order chi connectivity index (χ0) is 22.3. The minimum atomic E-state index is -3.40. The number of sulfonamides is 1. The molecule has 1 unspecified atom stereocenters. The Bertz CT molecular complexity index is 1250. The van der Waals surface area contributed by atoms with Crippen molar-refractivity contribution in [3.63, 3.8) is 0 Å². The number of ether oxygens (including phenoxy) is 1. The van der Waals surface area contributed by atoms with Gasteiger partial charge in [0.2, 0.25) is 10.0 Å². The average Bonchev–Trinajstić information content (AvgIpc) is 3.37. The van der Waals surface area contributed by atoms with Gasteiger partial charge in [-0.05, 0) is 49.2 Å². The highest BCUT2D eigenvalue weighted by molar-refractivity contribution is 7.88. The van der Waals surface area contributed by atoms with E-state index in [9.17, 15) is 17.6 Å². The number of fused-ring (bicyclic) bond motifs is 1. The fraction of sp³-hybridized carbons (Fsp3) is 0.318. The quantitative estimate of drug-likeness (QED) is 0.646. The number of benzene rings is 2. The van der Waals surface area contributed by atoms with Gasteiger partial charge in [0.1, 0.15) is 22.9 Å². The van der Waals surface area contributed by atoms with Crippen LogP contribution in [0.4, 0.5) is 4.39 Å². The molecule has 2 aromatic carbocycles. The summed E-state index contributed by atoms with van der Waals surface area (Å²) >= 11 is 0. The van der Waals surface area contributed by atoms with E-state index in [4.69, 9.17) is 9.15 Å². The van der Waals surface area contributed by atoms with E-state index in [0.717, 1.165) is 6.42 Å². The highest BCUT2D eigenvalue weighted by atomic mass is 32.2. The summed E-state index contributed by atoms with van der Waals surface area (Å²) < 4.78 is 51.0.